The third-order valence-corrected chi connectivity index (χ3v) is 4.76. The number of rotatable bonds is 4. The first-order chi connectivity index (χ1) is 12.2. The minimum Gasteiger partial charge on any atom is -0.364 e. The molecule has 0 amide bonds. The Morgan fingerprint density at radius 2 is 1.96 bits per heavy atom. The summed E-state index contributed by atoms with van der Waals surface area (Å²) in [5.41, 5.74) is 3.48. The highest BCUT2D eigenvalue weighted by Crippen LogP contribution is 2.36. The highest BCUT2D eigenvalue weighted by molar-refractivity contribution is 6.31. The molecule has 0 saturated carbocycles. The van der Waals surface area contributed by atoms with Gasteiger partial charge in [-0.3, -0.25) is 0 Å². The molecule has 1 aliphatic heterocycles. The average molecular weight is 352 g/mol. The van der Waals surface area contributed by atoms with Gasteiger partial charge in [0, 0.05) is 23.3 Å². The second kappa shape index (κ2) is 6.69. The van der Waals surface area contributed by atoms with Crippen LogP contribution in [0.5, 0.6) is 0 Å². The molecule has 1 N–H and O–H groups in total. The zero-order valence-electron chi connectivity index (χ0n) is 13.9. The van der Waals surface area contributed by atoms with Crippen LogP contribution in [0.4, 0.5) is 17.5 Å². The molecule has 0 fully saturated rings. The lowest BCUT2D eigenvalue weighted by Gasteiger charge is -2.22. The highest BCUT2D eigenvalue weighted by Gasteiger charge is 2.29. The van der Waals surface area contributed by atoms with Crippen molar-refractivity contribution in [1.82, 2.24) is 15.2 Å². The average Bonchev–Trinajstić information content (AvgIpc) is 2.97. The molecule has 1 atom stereocenters. The van der Waals surface area contributed by atoms with Crippen LogP contribution < -0.4 is 10.2 Å². The van der Waals surface area contributed by atoms with E-state index >= 15 is 0 Å². The molecule has 1 unspecified atom stereocenters. The number of fused-ring (bicyclic) bond motifs is 1. The van der Waals surface area contributed by atoms with Crippen LogP contribution in [0.3, 0.4) is 0 Å². The molecule has 2 heterocycles. The van der Waals surface area contributed by atoms with E-state index in [9.17, 15) is 0 Å². The Balaban J connectivity index is 1.57. The molecule has 25 heavy (non-hydrogen) atoms. The fourth-order valence-electron chi connectivity index (χ4n) is 3.18. The van der Waals surface area contributed by atoms with E-state index in [2.05, 4.69) is 50.5 Å². The van der Waals surface area contributed by atoms with Gasteiger partial charge in [-0.05, 0) is 36.6 Å². The third-order valence-electron chi connectivity index (χ3n) is 4.39. The van der Waals surface area contributed by atoms with Crippen molar-refractivity contribution in [2.24, 2.45) is 0 Å². The minimum absolute atomic E-state index is 0.304. The lowest BCUT2D eigenvalue weighted by Crippen LogP contribution is -2.26. The van der Waals surface area contributed by atoms with Gasteiger partial charge >= 0.3 is 0 Å². The number of nitrogens with one attached hydrogen (secondary N) is 1. The molecule has 0 bridgehead atoms. The molecule has 1 aliphatic rings. The summed E-state index contributed by atoms with van der Waals surface area (Å²) in [6, 6.07) is 16.4. The summed E-state index contributed by atoms with van der Waals surface area (Å²) in [5.74, 6) is 1.29. The van der Waals surface area contributed by atoms with Crippen LogP contribution >= 0.6 is 11.6 Å². The summed E-state index contributed by atoms with van der Waals surface area (Å²) < 4.78 is 0. The second-order valence-corrected chi connectivity index (χ2v) is 6.55. The summed E-state index contributed by atoms with van der Waals surface area (Å²) in [5, 5.41) is 12.4. The predicted octanol–water partition coefficient (Wildman–Crippen LogP) is 4.22. The second-order valence-electron chi connectivity index (χ2n) is 6.14. The number of aromatic nitrogens is 3. The van der Waals surface area contributed by atoms with Crippen LogP contribution in [-0.2, 0) is 13.0 Å². The van der Waals surface area contributed by atoms with Crippen molar-refractivity contribution in [2.45, 2.75) is 25.9 Å². The molecule has 4 rings (SSSR count). The number of nitrogens with zero attached hydrogens (tertiary/aromatic N) is 4. The van der Waals surface area contributed by atoms with Crippen LogP contribution in [0.1, 0.15) is 18.1 Å². The largest absolute Gasteiger partial charge is 0.364 e. The van der Waals surface area contributed by atoms with Gasteiger partial charge in [-0.25, -0.2) is 0 Å². The Morgan fingerprint density at radius 1 is 1.16 bits per heavy atom. The minimum atomic E-state index is 0.304. The van der Waals surface area contributed by atoms with Crippen molar-refractivity contribution in [3.05, 3.63) is 70.9 Å². The van der Waals surface area contributed by atoms with E-state index in [1.807, 2.05) is 30.3 Å². The van der Waals surface area contributed by atoms with Gasteiger partial charge < -0.3 is 10.2 Å². The molecule has 1 aromatic heterocycles. The summed E-state index contributed by atoms with van der Waals surface area (Å²) in [6.07, 6.45) is 2.61. The first-order valence-corrected chi connectivity index (χ1v) is 8.64. The van der Waals surface area contributed by atoms with Gasteiger partial charge in [-0.15, -0.1) is 5.10 Å². The van der Waals surface area contributed by atoms with Crippen molar-refractivity contribution in [3.8, 4) is 0 Å². The summed E-state index contributed by atoms with van der Waals surface area (Å²) >= 11 is 6.20. The van der Waals surface area contributed by atoms with Gasteiger partial charge in [0.2, 0.25) is 0 Å². The summed E-state index contributed by atoms with van der Waals surface area (Å²) in [6.45, 7) is 2.76. The third kappa shape index (κ3) is 3.15. The predicted molar refractivity (Wildman–Crippen MR) is 100 cm³/mol. The van der Waals surface area contributed by atoms with E-state index in [0.717, 1.165) is 22.7 Å². The monoisotopic (exact) mass is 351 g/mol. The highest BCUT2D eigenvalue weighted by atomic mass is 35.5. The SMILES string of the molecule is CC1Cc2ccccc2N1c1nncc(NCc2ccccc2Cl)n1. The number of anilines is 3. The van der Waals surface area contributed by atoms with Gasteiger partial charge in [0.25, 0.3) is 5.95 Å². The molecule has 6 heteroatoms. The van der Waals surface area contributed by atoms with Gasteiger partial charge in [0.15, 0.2) is 5.82 Å². The molecule has 0 spiro atoms. The Kier molecular flexibility index (Phi) is 4.24. The number of hydrogen-bond donors (Lipinski definition) is 1. The first kappa shape index (κ1) is 15.8. The van der Waals surface area contributed by atoms with E-state index in [-0.39, 0.29) is 0 Å². The maximum Gasteiger partial charge on any atom is 0.252 e. The number of halogens is 1. The summed E-state index contributed by atoms with van der Waals surface area (Å²) in [7, 11) is 0. The van der Waals surface area contributed by atoms with Crippen molar-refractivity contribution in [2.75, 3.05) is 10.2 Å². The molecule has 0 aliphatic carbocycles. The van der Waals surface area contributed by atoms with E-state index in [1.165, 1.54) is 5.56 Å². The van der Waals surface area contributed by atoms with Gasteiger partial charge in [0.1, 0.15) is 0 Å². The smallest absolute Gasteiger partial charge is 0.252 e. The normalized spacial score (nSPS) is 15.9. The standard InChI is InChI=1S/C19H18ClN5/c1-13-10-14-6-3-5-9-17(14)25(13)19-23-18(12-22-24-19)21-11-15-7-2-4-8-16(15)20/h2-9,12-13H,10-11H2,1H3,(H,21,23,24). The lowest BCUT2D eigenvalue weighted by molar-refractivity contribution is 0.729. The van der Waals surface area contributed by atoms with Crippen molar-refractivity contribution < 1.29 is 0 Å². The molecule has 0 radical (unpaired) electrons. The molecular weight excluding hydrogens is 334 g/mol. The molecular formula is C19H18ClN5. The van der Waals surface area contributed by atoms with Crippen LogP contribution in [0.15, 0.2) is 54.7 Å². The fraction of sp³-hybridized carbons (Fsp3) is 0.211. The van der Waals surface area contributed by atoms with Crippen LogP contribution in [-0.4, -0.2) is 21.2 Å². The van der Waals surface area contributed by atoms with Gasteiger partial charge in [-0.1, -0.05) is 48.0 Å². The number of para-hydroxylation sites is 1. The van der Waals surface area contributed by atoms with E-state index in [1.54, 1.807) is 6.20 Å². The van der Waals surface area contributed by atoms with Crippen molar-refractivity contribution in [1.29, 1.82) is 0 Å². The van der Waals surface area contributed by atoms with Crippen molar-refractivity contribution in [3.63, 3.8) is 0 Å². The topological polar surface area (TPSA) is 53.9 Å². The Hall–Kier alpha value is -2.66. The summed E-state index contributed by atoms with van der Waals surface area (Å²) in [4.78, 5) is 6.79. The van der Waals surface area contributed by atoms with Gasteiger partial charge in [0.05, 0.1) is 6.20 Å². The molecule has 126 valence electrons. The van der Waals surface area contributed by atoms with E-state index < -0.39 is 0 Å². The van der Waals surface area contributed by atoms with Gasteiger partial charge in [-0.2, -0.15) is 10.1 Å². The maximum absolute atomic E-state index is 6.20. The number of hydrogen-bond acceptors (Lipinski definition) is 5. The van der Waals surface area contributed by atoms with Crippen LogP contribution in [0, 0.1) is 0 Å². The Bertz CT molecular complexity index is 898. The Morgan fingerprint density at radius 3 is 2.84 bits per heavy atom. The van der Waals surface area contributed by atoms with Crippen molar-refractivity contribution >= 4 is 29.1 Å². The van der Waals surface area contributed by atoms with E-state index in [0.29, 0.717) is 24.4 Å². The quantitative estimate of drug-likeness (QED) is 0.762. The maximum atomic E-state index is 6.20. The van der Waals surface area contributed by atoms with Crippen LogP contribution in [0.2, 0.25) is 5.02 Å². The number of benzene rings is 2. The molecule has 5 nitrogen and oxygen atoms in total. The zero-order valence-corrected chi connectivity index (χ0v) is 14.6. The first-order valence-electron chi connectivity index (χ1n) is 8.26. The zero-order chi connectivity index (χ0) is 17.2. The Labute approximate surface area is 151 Å². The fourth-order valence-corrected chi connectivity index (χ4v) is 3.38. The molecule has 3 aromatic rings. The molecule has 2 aromatic carbocycles. The van der Waals surface area contributed by atoms with Crippen LogP contribution in [0.25, 0.3) is 0 Å². The molecule has 0 saturated heterocycles. The lowest BCUT2D eigenvalue weighted by atomic mass is 10.1. The van der Waals surface area contributed by atoms with E-state index in [4.69, 9.17) is 11.6 Å².